The van der Waals surface area contributed by atoms with Crippen LogP contribution >= 0.6 is 15.9 Å². The van der Waals surface area contributed by atoms with Crippen LogP contribution in [-0.4, -0.2) is 76.9 Å². The number of halogens is 1. The van der Waals surface area contributed by atoms with Crippen LogP contribution in [0.4, 0.5) is 0 Å². The van der Waals surface area contributed by atoms with Gasteiger partial charge in [0.25, 0.3) is 0 Å². The van der Waals surface area contributed by atoms with Gasteiger partial charge in [-0.25, -0.2) is 0 Å². The van der Waals surface area contributed by atoms with E-state index < -0.39 is 0 Å². The molecular formula is C25H33BrN4O4. The first-order chi connectivity index (χ1) is 16.4. The number of nitrogens with zero attached hydrogens (tertiary/aromatic N) is 4. The fraction of sp³-hybridized carbons (Fsp3) is 0.560. The van der Waals surface area contributed by atoms with E-state index in [4.69, 9.17) is 9.47 Å². The predicted octanol–water partition coefficient (Wildman–Crippen LogP) is 2.97. The van der Waals surface area contributed by atoms with Crippen molar-refractivity contribution in [2.75, 3.05) is 39.4 Å². The molecule has 34 heavy (non-hydrogen) atoms. The van der Waals surface area contributed by atoms with E-state index >= 15 is 0 Å². The molecule has 2 atom stereocenters. The number of piperidine rings is 1. The van der Waals surface area contributed by atoms with Crippen LogP contribution in [0.1, 0.15) is 30.5 Å². The Hall–Kier alpha value is -2.39. The van der Waals surface area contributed by atoms with E-state index in [9.17, 15) is 9.59 Å². The zero-order valence-corrected chi connectivity index (χ0v) is 21.5. The number of amides is 2. The summed E-state index contributed by atoms with van der Waals surface area (Å²) in [5.41, 5.74) is 2.19. The van der Waals surface area contributed by atoms with Crippen molar-refractivity contribution in [3.05, 3.63) is 46.2 Å². The van der Waals surface area contributed by atoms with E-state index in [1.807, 2.05) is 58.9 Å². The number of aryl methyl sites for hydroxylation is 2. The van der Waals surface area contributed by atoms with Crippen LogP contribution < -0.4 is 4.74 Å². The molecule has 0 unspecified atom stereocenters. The maximum atomic E-state index is 13.1. The molecule has 184 valence electrons. The lowest BCUT2D eigenvalue weighted by molar-refractivity contribution is -0.141. The number of carbonyl (C=O) groups excluding carboxylic acids is 2. The van der Waals surface area contributed by atoms with Crippen molar-refractivity contribution in [3.63, 3.8) is 0 Å². The minimum Gasteiger partial charge on any atom is -0.490 e. The highest BCUT2D eigenvalue weighted by Gasteiger charge is 2.35. The Morgan fingerprint density at radius 1 is 1.18 bits per heavy atom. The zero-order chi connectivity index (χ0) is 24.1. The second kappa shape index (κ2) is 11.4. The van der Waals surface area contributed by atoms with E-state index in [0.717, 1.165) is 21.5 Å². The Balaban J connectivity index is 1.41. The molecule has 9 heteroatoms. The molecule has 0 bridgehead atoms. The van der Waals surface area contributed by atoms with Crippen molar-refractivity contribution >= 4 is 27.7 Å². The van der Waals surface area contributed by atoms with Gasteiger partial charge in [0.2, 0.25) is 11.8 Å². The van der Waals surface area contributed by atoms with E-state index in [1.165, 1.54) is 0 Å². The van der Waals surface area contributed by atoms with Crippen LogP contribution in [0.5, 0.6) is 5.75 Å². The Labute approximate surface area is 209 Å². The van der Waals surface area contributed by atoms with Crippen LogP contribution in [0.3, 0.4) is 0 Å². The third-order valence-corrected chi connectivity index (χ3v) is 7.34. The third kappa shape index (κ3) is 6.18. The highest BCUT2D eigenvalue weighted by molar-refractivity contribution is 9.10. The van der Waals surface area contributed by atoms with Crippen molar-refractivity contribution in [3.8, 4) is 5.75 Å². The van der Waals surface area contributed by atoms with Crippen LogP contribution in [0.25, 0.3) is 0 Å². The van der Waals surface area contributed by atoms with Gasteiger partial charge in [-0.1, -0.05) is 22.0 Å². The van der Waals surface area contributed by atoms with E-state index in [2.05, 4.69) is 21.0 Å². The van der Waals surface area contributed by atoms with Crippen molar-refractivity contribution in [1.82, 2.24) is 19.6 Å². The Bertz CT molecular complexity index is 1000. The minimum absolute atomic E-state index is 0.0628. The first-order valence-corrected chi connectivity index (χ1v) is 12.7. The molecule has 0 N–H and O–H groups in total. The summed E-state index contributed by atoms with van der Waals surface area (Å²) in [6, 6.07) is 7.76. The van der Waals surface area contributed by atoms with Gasteiger partial charge >= 0.3 is 0 Å². The summed E-state index contributed by atoms with van der Waals surface area (Å²) in [6.45, 7) is 5.57. The average Bonchev–Trinajstić information content (AvgIpc) is 3.16. The Kier molecular flexibility index (Phi) is 8.26. The first-order valence-electron chi connectivity index (χ1n) is 11.9. The molecule has 8 nitrogen and oxygen atoms in total. The van der Waals surface area contributed by atoms with Gasteiger partial charge in [0, 0.05) is 68.6 Å². The quantitative estimate of drug-likeness (QED) is 0.547. The summed E-state index contributed by atoms with van der Waals surface area (Å²) in [5, 5.41) is 4.27. The lowest BCUT2D eigenvalue weighted by Gasteiger charge is -2.39. The molecule has 3 heterocycles. The SMILES string of the molecule is Cc1c(CCC(=O)N2CC[C@H](Oc3cccc(Br)c3)[C@@H](CC(=O)N3CCOCC3)C2)cnn1C. The molecule has 2 aromatic rings. The normalized spacial score (nSPS) is 20.9. The molecule has 4 rings (SSSR count). The molecule has 2 aliphatic heterocycles. The van der Waals surface area contributed by atoms with E-state index in [1.54, 1.807) is 0 Å². The van der Waals surface area contributed by atoms with Crippen LogP contribution in [0, 0.1) is 12.8 Å². The molecule has 1 aromatic heterocycles. The largest absolute Gasteiger partial charge is 0.490 e. The monoisotopic (exact) mass is 532 g/mol. The van der Waals surface area contributed by atoms with Gasteiger partial charge in [0.1, 0.15) is 11.9 Å². The first kappa shape index (κ1) is 24.7. The summed E-state index contributed by atoms with van der Waals surface area (Å²) in [4.78, 5) is 29.9. The second-order valence-electron chi connectivity index (χ2n) is 9.08. The summed E-state index contributed by atoms with van der Waals surface area (Å²) in [7, 11) is 1.91. The summed E-state index contributed by atoms with van der Waals surface area (Å²) in [5.74, 6) is 0.937. The van der Waals surface area contributed by atoms with Gasteiger partial charge in [-0.15, -0.1) is 0 Å². The topological polar surface area (TPSA) is 76.9 Å². The number of aromatic nitrogens is 2. The van der Waals surface area contributed by atoms with Gasteiger partial charge in [-0.2, -0.15) is 5.10 Å². The smallest absolute Gasteiger partial charge is 0.223 e. The van der Waals surface area contributed by atoms with Gasteiger partial charge in [0.15, 0.2) is 0 Å². The molecule has 1 aromatic carbocycles. The number of morpholine rings is 1. The summed E-state index contributed by atoms with van der Waals surface area (Å²) >= 11 is 3.49. The number of hydrogen-bond acceptors (Lipinski definition) is 5. The minimum atomic E-state index is -0.121. The van der Waals surface area contributed by atoms with Gasteiger partial charge in [-0.05, 0) is 37.1 Å². The molecular weight excluding hydrogens is 500 g/mol. The maximum absolute atomic E-state index is 13.1. The fourth-order valence-corrected chi connectivity index (χ4v) is 5.04. The molecule has 0 radical (unpaired) electrons. The molecule has 2 fully saturated rings. The number of rotatable bonds is 7. The predicted molar refractivity (Wildman–Crippen MR) is 132 cm³/mol. The highest BCUT2D eigenvalue weighted by atomic mass is 79.9. The molecule has 2 amide bonds. The van der Waals surface area contributed by atoms with Crippen molar-refractivity contribution in [2.45, 2.75) is 38.7 Å². The number of hydrogen-bond donors (Lipinski definition) is 0. The molecule has 0 aliphatic carbocycles. The highest BCUT2D eigenvalue weighted by Crippen LogP contribution is 2.28. The number of ether oxygens (including phenoxy) is 2. The number of likely N-dealkylation sites (tertiary alicyclic amines) is 1. The fourth-order valence-electron chi connectivity index (χ4n) is 4.66. The lowest BCUT2D eigenvalue weighted by Crippen LogP contribution is -2.50. The number of benzene rings is 1. The third-order valence-electron chi connectivity index (χ3n) is 6.85. The molecule has 2 saturated heterocycles. The van der Waals surface area contributed by atoms with Crippen molar-refractivity contribution in [1.29, 1.82) is 0 Å². The standard InChI is InChI=1S/C25H33BrN4O4/c1-18-19(16-27-28(18)2)6-7-24(31)30-9-8-23(34-22-5-3-4-21(26)15-22)20(17-30)14-25(32)29-10-12-33-13-11-29/h3-5,15-16,20,23H,6-14,17H2,1-2H3/t20-,23-/m0/s1. The van der Waals surface area contributed by atoms with Gasteiger partial charge in [0.05, 0.1) is 19.4 Å². The van der Waals surface area contributed by atoms with Crippen LogP contribution in [0.2, 0.25) is 0 Å². The Morgan fingerprint density at radius 3 is 2.68 bits per heavy atom. The zero-order valence-electron chi connectivity index (χ0n) is 19.9. The Morgan fingerprint density at radius 2 is 1.97 bits per heavy atom. The summed E-state index contributed by atoms with van der Waals surface area (Å²) in [6.07, 6.45) is 3.89. The van der Waals surface area contributed by atoms with E-state index in [-0.39, 0.29) is 23.8 Å². The lowest BCUT2D eigenvalue weighted by atomic mass is 9.90. The second-order valence-corrected chi connectivity index (χ2v) is 9.99. The van der Waals surface area contributed by atoms with Crippen LogP contribution in [-0.2, 0) is 27.8 Å². The van der Waals surface area contributed by atoms with Crippen LogP contribution in [0.15, 0.2) is 34.9 Å². The van der Waals surface area contributed by atoms with Crippen molar-refractivity contribution < 1.29 is 19.1 Å². The average molecular weight is 533 g/mol. The maximum Gasteiger partial charge on any atom is 0.223 e. The molecule has 0 saturated carbocycles. The molecule has 0 spiro atoms. The number of carbonyl (C=O) groups is 2. The van der Waals surface area contributed by atoms with Gasteiger partial charge < -0.3 is 19.3 Å². The van der Waals surface area contributed by atoms with Crippen molar-refractivity contribution in [2.24, 2.45) is 13.0 Å². The molecule has 2 aliphatic rings. The van der Waals surface area contributed by atoms with E-state index in [0.29, 0.717) is 65.1 Å². The summed E-state index contributed by atoms with van der Waals surface area (Å²) < 4.78 is 14.5. The van der Waals surface area contributed by atoms with Gasteiger partial charge in [-0.3, -0.25) is 14.3 Å².